The van der Waals surface area contributed by atoms with Crippen LogP contribution >= 0.6 is 0 Å². The lowest BCUT2D eigenvalue weighted by atomic mass is 10.0. The summed E-state index contributed by atoms with van der Waals surface area (Å²) < 4.78 is 70.5. The van der Waals surface area contributed by atoms with Gasteiger partial charge in [0.25, 0.3) is 6.43 Å². The average Bonchev–Trinajstić information content (AvgIpc) is 3.18. The number of pyridine rings is 1. The molecule has 13 heteroatoms. The van der Waals surface area contributed by atoms with Crippen molar-refractivity contribution in [3.8, 4) is 23.2 Å². The highest BCUT2D eigenvalue weighted by Crippen LogP contribution is 2.36. The number of rotatable bonds is 9. The van der Waals surface area contributed by atoms with E-state index in [0.717, 1.165) is 4.68 Å². The first-order valence-electron chi connectivity index (χ1n) is 10.4. The van der Waals surface area contributed by atoms with Gasteiger partial charge in [0, 0.05) is 19.3 Å². The van der Waals surface area contributed by atoms with Crippen LogP contribution in [0.1, 0.15) is 34.6 Å². The van der Waals surface area contributed by atoms with Crippen molar-refractivity contribution in [1.82, 2.24) is 25.0 Å². The van der Waals surface area contributed by atoms with Crippen molar-refractivity contribution >= 4 is 0 Å². The van der Waals surface area contributed by atoms with Crippen LogP contribution in [0.2, 0.25) is 0 Å². The Kier molecular flexibility index (Phi) is 7.96. The van der Waals surface area contributed by atoms with E-state index in [1.165, 1.54) is 25.4 Å². The largest absolute Gasteiger partial charge is 0.472 e. The summed E-state index contributed by atoms with van der Waals surface area (Å²) in [5.74, 6) is -0.141. The zero-order valence-electron chi connectivity index (χ0n) is 18.7. The van der Waals surface area contributed by atoms with Gasteiger partial charge in [-0.3, -0.25) is 4.68 Å². The predicted octanol–water partition coefficient (Wildman–Crippen LogP) is 3.65. The molecule has 0 amide bonds. The Morgan fingerprint density at radius 3 is 2.57 bits per heavy atom. The Balaban J connectivity index is 1.67. The van der Waals surface area contributed by atoms with Crippen LogP contribution in [0.15, 0.2) is 24.4 Å². The van der Waals surface area contributed by atoms with Crippen LogP contribution in [0.5, 0.6) is 5.88 Å². The third-order valence-electron chi connectivity index (χ3n) is 4.93. The van der Waals surface area contributed by atoms with Gasteiger partial charge < -0.3 is 9.84 Å². The molecule has 0 saturated heterocycles. The van der Waals surface area contributed by atoms with Gasteiger partial charge in [-0.25, -0.2) is 13.8 Å². The van der Waals surface area contributed by atoms with Crippen LogP contribution < -0.4 is 4.74 Å². The molecule has 8 nitrogen and oxygen atoms in total. The van der Waals surface area contributed by atoms with E-state index < -0.39 is 31.0 Å². The molecule has 0 aliphatic heterocycles. The van der Waals surface area contributed by atoms with Crippen LogP contribution in [-0.4, -0.2) is 49.2 Å². The van der Waals surface area contributed by atoms with Crippen LogP contribution in [0.25, 0.3) is 11.3 Å². The lowest BCUT2D eigenvalue weighted by Crippen LogP contribution is -2.14. The zero-order chi connectivity index (χ0) is 25.8. The second kappa shape index (κ2) is 10.7. The highest BCUT2D eigenvalue weighted by Gasteiger charge is 2.38. The number of nitrogens with zero attached hydrogens (tertiary/aromatic N) is 6. The zero-order valence-corrected chi connectivity index (χ0v) is 18.7. The Morgan fingerprint density at radius 2 is 1.94 bits per heavy atom. The van der Waals surface area contributed by atoms with Crippen molar-refractivity contribution in [3.63, 3.8) is 0 Å². The molecule has 186 valence electrons. The molecule has 3 rings (SSSR count). The molecule has 3 aromatic heterocycles. The molecule has 0 fully saturated rings. The molecule has 0 aliphatic rings. The van der Waals surface area contributed by atoms with E-state index >= 15 is 0 Å². The first-order chi connectivity index (χ1) is 16.5. The number of ether oxygens (including phenoxy) is 1. The van der Waals surface area contributed by atoms with Gasteiger partial charge in [-0.15, -0.1) is 5.10 Å². The fraction of sp³-hybridized carbons (Fsp3) is 0.409. The number of hydrogen-bond acceptors (Lipinski definition) is 7. The first-order valence-corrected chi connectivity index (χ1v) is 10.4. The fourth-order valence-corrected chi connectivity index (χ4v) is 3.45. The van der Waals surface area contributed by atoms with Crippen molar-refractivity contribution in [2.45, 2.75) is 44.9 Å². The van der Waals surface area contributed by atoms with E-state index in [2.05, 4.69) is 20.3 Å². The lowest BCUT2D eigenvalue weighted by molar-refractivity contribution is -0.141. The van der Waals surface area contributed by atoms with Gasteiger partial charge in [-0.2, -0.15) is 28.6 Å². The second-order valence-corrected chi connectivity index (χ2v) is 7.84. The Morgan fingerprint density at radius 1 is 1.20 bits per heavy atom. The van der Waals surface area contributed by atoms with E-state index in [9.17, 15) is 27.1 Å². The van der Waals surface area contributed by atoms with Crippen molar-refractivity contribution in [2.24, 2.45) is 7.05 Å². The normalized spacial score (nSPS) is 12.6. The van der Waals surface area contributed by atoms with Gasteiger partial charge in [0.1, 0.15) is 11.8 Å². The quantitative estimate of drug-likeness (QED) is 0.451. The molecule has 35 heavy (non-hydrogen) atoms. The number of aryl methyl sites for hydroxylation is 3. The second-order valence-electron chi connectivity index (χ2n) is 7.84. The molecule has 3 heterocycles. The maximum atomic E-state index is 13.3. The molecule has 1 unspecified atom stereocenters. The summed E-state index contributed by atoms with van der Waals surface area (Å²) in [5.41, 5.74) is 0.213. The van der Waals surface area contributed by atoms with E-state index in [1.54, 1.807) is 13.0 Å². The molecule has 0 bridgehead atoms. The number of aliphatic hydroxyl groups excluding tert-OH is 1. The summed E-state index contributed by atoms with van der Waals surface area (Å²) in [6.07, 6.45) is -6.40. The number of nitriles is 1. The van der Waals surface area contributed by atoms with Crippen molar-refractivity contribution < 1.29 is 31.8 Å². The van der Waals surface area contributed by atoms with Gasteiger partial charge in [-0.05, 0) is 49.4 Å². The number of aliphatic hydroxyl groups is 1. The maximum absolute atomic E-state index is 13.3. The van der Waals surface area contributed by atoms with E-state index in [1.807, 2.05) is 6.07 Å². The molecule has 3 aromatic rings. The summed E-state index contributed by atoms with van der Waals surface area (Å²) in [6, 6.07) is 6.20. The summed E-state index contributed by atoms with van der Waals surface area (Å²) in [7, 11) is 1.38. The average molecular weight is 496 g/mol. The summed E-state index contributed by atoms with van der Waals surface area (Å²) in [4.78, 5) is 3.80. The summed E-state index contributed by atoms with van der Waals surface area (Å²) >= 11 is 0. The van der Waals surface area contributed by atoms with Gasteiger partial charge in [0.2, 0.25) is 5.88 Å². The van der Waals surface area contributed by atoms with Gasteiger partial charge in [-0.1, -0.05) is 0 Å². The minimum atomic E-state index is -4.64. The van der Waals surface area contributed by atoms with E-state index in [-0.39, 0.29) is 42.1 Å². The number of alkyl halides is 5. The summed E-state index contributed by atoms with van der Waals surface area (Å²) in [5, 5.41) is 30.9. The van der Waals surface area contributed by atoms with Crippen molar-refractivity contribution in [1.29, 1.82) is 5.26 Å². The first kappa shape index (κ1) is 26.0. The molecule has 1 N–H and O–H groups in total. The van der Waals surface area contributed by atoms with Crippen LogP contribution in [0, 0.1) is 18.3 Å². The fourth-order valence-electron chi connectivity index (χ4n) is 3.45. The third kappa shape index (κ3) is 6.92. The van der Waals surface area contributed by atoms with E-state index in [4.69, 9.17) is 10.00 Å². The van der Waals surface area contributed by atoms with E-state index in [0.29, 0.717) is 16.8 Å². The van der Waals surface area contributed by atoms with Crippen LogP contribution in [0.3, 0.4) is 0 Å². The molecule has 1 atom stereocenters. The maximum Gasteiger partial charge on any atom is 0.435 e. The molecular formula is C22H21F5N6O2. The van der Waals surface area contributed by atoms with Crippen molar-refractivity contribution in [3.05, 3.63) is 52.6 Å². The molecular weight excluding hydrogens is 475 g/mol. The SMILES string of the molecule is Cc1cc(CCC(O)Cc2cc(C#N)nc(OCC(F)F)c2)nnc1-c1cn(C)nc1C(F)(F)F. The number of halogens is 5. The predicted molar refractivity (Wildman–Crippen MR) is 112 cm³/mol. The topological polar surface area (TPSA) is 110 Å². The standard InChI is InChI=1S/C22H21F5N6O2/c1-12-5-14(30-31-20(12)17-10-33(2)32-21(17)22(25,26)27)3-4-16(34)7-13-6-15(9-28)29-19(8-13)35-11-18(23)24/h5-6,8,10,16,18,34H,3-4,7,11H2,1-2H3. The molecule has 0 radical (unpaired) electrons. The molecule has 0 saturated carbocycles. The summed E-state index contributed by atoms with van der Waals surface area (Å²) in [6.45, 7) is 0.736. The van der Waals surface area contributed by atoms with Crippen molar-refractivity contribution in [2.75, 3.05) is 6.61 Å². The Bertz CT molecular complexity index is 1220. The number of aromatic nitrogens is 5. The lowest BCUT2D eigenvalue weighted by Gasteiger charge is -2.13. The van der Waals surface area contributed by atoms with Crippen LogP contribution in [-0.2, 0) is 26.1 Å². The van der Waals surface area contributed by atoms with Gasteiger partial charge in [0.15, 0.2) is 12.3 Å². The molecule has 0 aliphatic carbocycles. The van der Waals surface area contributed by atoms with Crippen LogP contribution in [0.4, 0.5) is 22.0 Å². The van der Waals surface area contributed by atoms with Gasteiger partial charge in [0.05, 0.1) is 23.1 Å². The Labute approximate surface area is 197 Å². The monoisotopic (exact) mass is 496 g/mol. The number of hydrogen-bond donors (Lipinski definition) is 1. The van der Waals surface area contributed by atoms with Gasteiger partial charge >= 0.3 is 6.18 Å². The molecule has 0 spiro atoms. The smallest absolute Gasteiger partial charge is 0.435 e. The molecule has 0 aromatic carbocycles. The third-order valence-corrected chi connectivity index (χ3v) is 4.93. The minimum absolute atomic E-state index is 0.0373. The highest BCUT2D eigenvalue weighted by atomic mass is 19.4. The minimum Gasteiger partial charge on any atom is -0.472 e. The highest BCUT2D eigenvalue weighted by molar-refractivity contribution is 5.65. The Hall–Kier alpha value is -3.66.